The SMILES string of the molecule is CCC(C)(N)c1nc(Cc2cccc(Br)c2)no1. The minimum Gasteiger partial charge on any atom is -0.337 e. The van der Waals surface area contributed by atoms with Gasteiger partial charge in [0.25, 0.3) is 0 Å². The summed E-state index contributed by atoms with van der Waals surface area (Å²) in [5.74, 6) is 1.16. The van der Waals surface area contributed by atoms with E-state index in [1.807, 2.05) is 38.1 Å². The summed E-state index contributed by atoms with van der Waals surface area (Å²) in [5.41, 5.74) is 6.64. The monoisotopic (exact) mass is 309 g/mol. The predicted octanol–water partition coefficient (Wildman–Crippen LogP) is 3.01. The molecule has 18 heavy (non-hydrogen) atoms. The van der Waals surface area contributed by atoms with E-state index in [2.05, 4.69) is 26.1 Å². The number of aromatic nitrogens is 2. The fraction of sp³-hybridized carbons (Fsp3) is 0.385. The quantitative estimate of drug-likeness (QED) is 0.943. The summed E-state index contributed by atoms with van der Waals surface area (Å²) < 4.78 is 6.27. The van der Waals surface area contributed by atoms with E-state index in [4.69, 9.17) is 10.3 Å². The van der Waals surface area contributed by atoms with Gasteiger partial charge < -0.3 is 10.3 Å². The van der Waals surface area contributed by atoms with E-state index in [9.17, 15) is 0 Å². The van der Waals surface area contributed by atoms with Crippen molar-refractivity contribution < 1.29 is 4.52 Å². The average molecular weight is 310 g/mol. The molecule has 0 aliphatic rings. The first-order valence-electron chi connectivity index (χ1n) is 5.87. The van der Waals surface area contributed by atoms with Crippen molar-refractivity contribution in [3.8, 4) is 0 Å². The number of hydrogen-bond donors (Lipinski definition) is 1. The molecule has 96 valence electrons. The zero-order chi connectivity index (χ0) is 13.2. The average Bonchev–Trinajstić information content (AvgIpc) is 2.78. The lowest BCUT2D eigenvalue weighted by molar-refractivity contribution is 0.290. The van der Waals surface area contributed by atoms with Crippen LogP contribution in [0.15, 0.2) is 33.3 Å². The molecule has 5 heteroatoms. The first-order chi connectivity index (χ1) is 8.51. The Morgan fingerprint density at radius 3 is 2.89 bits per heavy atom. The largest absolute Gasteiger partial charge is 0.337 e. The second kappa shape index (κ2) is 5.20. The zero-order valence-electron chi connectivity index (χ0n) is 10.5. The van der Waals surface area contributed by atoms with Gasteiger partial charge in [0.1, 0.15) is 0 Å². The highest BCUT2D eigenvalue weighted by Gasteiger charge is 2.26. The molecule has 1 unspecified atom stereocenters. The van der Waals surface area contributed by atoms with Gasteiger partial charge in [0, 0.05) is 10.9 Å². The van der Waals surface area contributed by atoms with Crippen LogP contribution >= 0.6 is 15.9 Å². The van der Waals surface area contributed by atoms with Gasteiger partial charge in [0.2, 0.25) is 5.89 Å². The van der Waals surface area contributed by atoms with Crippen LogP contribution in [-0.4, -0.2) is 10.1 Å². The molecule has 0 saturated heterocycles. The Hall–Kier alpha value is -1.20. The van der Waals surface area contributed by atoms with Crippen LogP contribution in [0.5, 0.6) is 0 Å². The summed E-state index contributed by atoms with van der Waals surface area (Å²) in [6, 6.07) is 8.04. The molecule has 1 aromatic carbocycles. The van der Waals surface area contributed by atoms with Crippen LogP contribution in [0.3, 0.4) is 0 Å². The van der Waals surface area contributed by atoms with Crippen LogP contribution in [0.25, 0.3) is 0 Å². The Morgan fingerprint density at radius 1 is 1.44 bits per heavy atom. The molecule has 0 saturated carbocycles. The minimum atomic E-state index is -0.553. The third-order valence-corrected chi connectivity index (χ3v) is 3.44. The van der Waals surface area contributed by atoms with E-state index in [0.717, 1.165) is 16.5 Å². The Labute approximate surface area is 115 Å². The molecule has 2 N–H and O–H groups in total. The van der Waals surface area contributed by atoms with E-state index < -0.39 is 5.54 Å². The molecule has 0 bridgehead atoms. The summed E-state index contributed by atoms with van der Waals surface area (Å²) in [7, 11) is 0. The summed E-state index contributed by atoms with van der Waals surface area (Å²) in [5, 5.41) is 3.97. The fourth-order valence-corrected chi connectivity index (χ4v) is 1.99. The molecule has 1 aromatic heterocycles. The molecule has 0 radical (unpaired) electrons. The van der Waals surface area contributed by atoms with Crippen molar-refractivity contribution in [2.24, 2.45) is 5.73 Å². The fourth-order valence-electron chi connectivity index (χ4n) is 1.54. The van der Waals surface area contributed by atoms with E-state index in [1.54, 1.807) is 0 Å². The maximum atomic E-state index is 6.06. The van der Waals surface area contributed by atoms with Crippen molar-refractivity contribution in [3.05, 3.63) is 46.0 Å². The minimum absolute atomic E-state index is 0.495. The van der Waals surface area contributed by atoms with Crippen molar-refractivity contribution in [1.29, 1.82) is 0 Å². The van der Waals surface area contributed by atoms with E-state index in [-0.39, 0.29) is 0 Å². The number of halogens is 1. The summed E-state index contributed by atoms with van der Waals surface area (Å²) >= 11 is 3.44. The molecule has 2 rings (SSSR count). The molecule has 2 aromatic rings. The molecule has 0 aliphatic heterocycles. The molecule has 0 fully saturated rings. The summed E-state index contributed by atoms with van der Waals surface area (Å²) in [6.07, 6.45) is 1.40. The molecular formula is C13H16BrN3O. The van der Waals surface area contributed by atoms with E-state index in [1.165, 1.54) is 0 Å². The molecule has 1 heterocycles. The smallest absolute Gasteiger partial charge is 0.246 e. The number of rotatable bonds is 4. The standard InChI is InChI=1S/C13H16BrN3O/c1-3-13(2,15)12-16-11(17-18-12)8-9-5-4-6-10(14)7-9/h4-7H,3,8,15H2,1-2H3. The molecular weight excluding hydrogens is 294 g/mol. The van der Waals surface area contributed by atoms with Crippen molar-refractivity contribution in [3.63, 3.8) is 0 Å². The van der Waals surface area contributed by atoms with E-state index >= 15 is 0 Å². The van der Waals surface area contributed by atoms with Gasteiger partial charge in [-0.15, -0.1) is 0 Å². The molecule has 1 atom stereocenters. The highest BCUT2D eigenvalue weighted by molar-refractivity contribution is 9.10. The molecule has 0 spiro atoms. The van der Waals surface area contributed by atoms with Gasteiger partial charge in [-0.05, 0) is 31.0 Å². The Kier molecular flexibility index (Phi) is 3.82. The van der Waals surface area contributed by atoms with Gasteiger partial charge >= 0.3 is 0 Å². The number of hydrogen-bond acceptors (Lipinski definition) is 4. The second-order valence-electron chi connectivity index (χ2n) is 4.59. The number of nitrogens with zero attached hydrogens (tertiary/aromatic N) is 2. The number of benzene rings is 1. The van der Waals surface area contributed by atoms with Crippen LogP contribution in [0.2, 0.25) is 0 Å². The normalized spacial score (nSPS) is 14.4. The third kappa shape index (κ3) is 2.97. The first-order valence-corrected chi connectivity index (χ1v) is 6.67. The number of nitrogens with two attached hydrogens (primary N) is 1. The molecule has 4 nitrogen and oxygen atoms in total. The van der Waals surface area contributed by atoms with Gasteiger partial charge in [0.15, 0.2) is 5.82 Å². The van der Waals surface area contributed by atoms with Crippen LogP contribution in [0.4, 0.5) is 0 Å². The summed E-state index contributed by atoms with van der Waals surface area (Å²) in [6.45, 7) is 3.89. The van der Waals surface area contributed by atoms with Crippen LogP contribution in [0, 0.1) is 0 Å². The Bertz CT molecular complexity index is 537. The predicted molar refractivity (Wildman–Crippen MR) is 73.1 cm³/mol. The zero-order valence-corrected chi connectivity index (χ0v) is 12.1. The summed E-state index contributed by atoms with van der Waals surface area (Å²) in [4.78, 5) is 4.36. The third-order valence-electron chi connectivity index (χ3n) is 2.94. The second-order valence-corrected chi connectivity index (χ2v) is 5.51. The van der Waals surface area contributed by atoms with Crippen molar-refractivity contribution in [2.45, 2.75) is 32.2 Å². The van der Waals surface area contributed by atoms with Gasteiger partial charge in [-0.2, -0.15) is 4.98 Å². The lowest BCUT2D eigenvalue weighted by Crippen LogP contribution is -2.32. The van der Waals surface area contributed by atoms with Crippen molar-refractivity contribution >= 4 is 15.9 Å². The Morgan fingerprint density at radius 2 is 2.22 bits per heavy atom. The highest BCUT2D eigenvalue weighted by Crippen LogP contribution is 2.20. The van der Waals surface area contributed by atoms with Crippen LogP contribution in [0.1, 0.15) is 37.5 Å². The lowest BCUT2D eigenvalue weighted by atomic mass is 10.0. The van der Waals surface area contributed by atoms with Gasteiger partial charge in [-0.3, -0.25) is 0 Å². The topological polar surface area (TPSA) is 64.9 Å². The van der Waals surface area contributed by atoms with Gasteiger partial charge in [0.05, 0.1) is 5.54 Å². The van der Waals surface area contributed by atoms with Crippen molar-refractivity contribution in [2.75, 3.05) is 0 Å². The molecule has 0 aliphatic carbocycles. The van der Waals surface area contributed by atoms with Crippen LogP contribution in [-0.2, 0) is 12.0 Å². The highest BCUT2D eigenvalue weighted by atomic mass is 79.9. The molecule has 0 amide bonds. The maximum Gasteiger partial charge on any atom is 0.246 e. The Balaban J connectivity index is 2.16. The lowest BCUT2D eigenvalue weighted by Gasteiger charge is -2.16. The van der Waals surface area contributed by atoms with Gasteiger partial charge in [-0.1, -0.05) is 40.1 Å². The maximum absolute atomic E-state index is 6.06. The van der Waals surface area contributed by atoms with E-state index in [0.29, 0.717) is 18.1 Å². The van der Waals surface area contributed by atoms with Gasteiger partial charge in [-0.25, -0.2) is 0 Å². The van der Waals surface area contributed by atoms with Crippen LogP contribution < -0.4 is 5.73 Å². The first kappa shape index (κ1) is 13.2. The van der Waals surface area contributed by atoms with Crippen molar-refractivity contribution in [1.82, 2.24) is 10.1 Å².